The van der Waals surface area contributed by atoms with E-state index in [1.807, 2.05) is 6.07 Å². The molecule has 0 aliphatic heterocycles. The molecule has 0 aliphatic carbocycles. The molecule has 1 rings (SSSR count). The van der Waals surface area contributed by atoms with Gasteiger partial charge in [0.15, 0.2) is 5.76 Å². The van der Waals surface area contributed by atoms with E-state index in [1.54, 1.807) is 6.92 Å². The highest BCUT2D eigenvalue weighted by Crippen LogP contribution is 2.17. The molecule has 0 bridgehead atoms. The minimum Gasteiger partial charge on any atom is -0.454 e. The molecule has 6 heteroatoms. The molecule has 1 amide bonds. The molecule has 0 fully saturated rings. The normalized spacial score (nSPS) is 10.8. The van der Waals surface area contributed by atoms with Gasteiger partial charge in [0, 0.05) is 24.6 Å². The molecule has 1 aromatic rings. The lowest BCUT2D eigenvalue weighted by Gasteiger charge is -2.24. The molecule has 6 nitrogen and oxygen atoms in total. The number of amides is 1. The van der Waals surface area contributed by atoms with Gasteiger partial charge in [0.2, 0.25) is 0 Å². The zero-order chi connectivity index (χ0) is 14.4. The third-order valence-electron chi connectivity index (χ3n) is 2.91. The minimum absolute atomic E-state index is 0.237. The van der Waals surface area contributed by atoms with Crippen LogP contribution in [0.25, 0.3) is 0 Å². The van der Waals surface area contributed by atoms with Crippen LogP contribution in [-0.2, 0) is 6.54 Å². The van der Waals surface area contributed by atoms with Gasteiger partial charge in [-0.1, -0.05) is 0 Å². The van der Waals surface area contributed by atoms with Crippen LogP contribution in [0.15, 0.2) is 10.5 Å². The van der Waals surface area contributed by atoms with Crippen LogP contribution < -0.4 is 11.3 Å². The summed E-state index contributed by atoms with van der Waals surface area (Å²) in [6, 6.07) is 4.25. The first-order valence-electron chi connectivity index (χ1n) is 6.20. The molecule has 104 valence electrons. The van der Waals surface area contributed by atoms with Crippen molar-refractivity contribution in [2.75, 3.05) is 6.54 Å². The number of hydrogen-bond donors (Lipinski definition) is 2. The smallest absolute Gasteiger partial charge is 0.301 e. The summed E-state index contributed by atoms with van der Waals surface area (Å²) >= 11 is 0. The van der Waals surface area contributed by atoms with Crippen molar-refractivity contribution in [1.82, 2.24) is 10.3 Å². The van der Waals surface area contributed by atoms with Crippen LogP contribution in [0.2, 0.25) is 0 Å². The van der Waals surface area contributed by atoms with Gasteiger partial charge < -0.3 is 4.42 Å². The highest BCUT2D eigenvalue weighted by atomic mass is 16.4. The van der Waals surface area contributed by atoms with Crippen molar-refractivity contribution in [3.05, 3.63) is 23.2 Å². The van der Waals surface area contributed by atoms with E-state index in [0.717, 1.165) is 5.56 Å². The van der Waals surface area contributed by atoms with E-state index in [9.17, 15) is 4.79 Å². The first-order valence-corrected chi connectivity index (χ1v) is 6.20. The first-order chi connectivity index (χ1) is 8.99. The topological polar surface area (TPSA) is 95.3 Å². The number of nitrogens with one attached hydrogen (secondary N) is 1. The Morgan fingerprint density at radius 3 is 2.84 bits per heavy atom. The second kappa shape index (κ2) is 6.92. The number of carbonyl (C=O) groups is 1. The fourth-order valence-electron chi connectivity index (χ4n) is 1.83. The summed E-state index contributed by atoms with van der Waals surface area (Å²) in [6.45, 7) is 7.15. The second-order valence-corrected chi connectivity index (χ2v) is 4.67. The number of nitrogens with two attached hydrogens (primary N) is 1. The van der Waals surface area contributed by atoms with Crippen LogP contribution in [0.3, 0.4) is 0 Å². The number of hydrazine groups is 1. The van der Waals surface area contributed by atoms with Crippen molar-refractivity contribution in [3.8, 4) is 6.07 Å². The lowest BCUT2D eigenvalue weighted by Crippen LogP contribution is -2.31. The lowest BCUT2D eigenvalue weighted by atomic mass is 10.2. The van der Waals surface area contributed by atoms with Gasteiger partial charge in [0.25, 0.3) is 0 Å². The number of nitrogen functional groups attached to an aromatic ring is 1. The largest absolute Gasteiger partial charge is 0.454 e. The molecular formula is C13H20N4O2. The van der Waals surface area contributed by atoms with Crippen LogP contribution in [-0.4, -0.2) is 23.4 Å². The minimum atomic E-state index is -0.433. The maximum Gasteiger partial charge on any atom is 0.301 e. The molecule has 0 saturated carbocycles. The van der Waals surface area contributed by atoms with Crippen LogP contribution in [0.1, 0.15) is 42.1 Å². The Balaban J connectivity index is 2.80. The van der Waals surface area contributed by atoms with Gasteiger partial charge >= 0.3 is 5.91 Å². The predicted octanol–water partition coefficient (Wildman–Crippen LogP) is 1.32. The lowest BCUT2D eigenvalue weighted by molar-refractivity contribution is 0.0920. The average Bonchev–Trinajstić information content (AvgIpc) is 2.74. The number of aryl methyl sites for hydroxylation is 1. The summed E-state index contributed by atoms with van der Waals surface area (Å²) in [6.07, 6.45) is 0.466. The van der Waals surface area contributed by atoms with Crippen molar-refractivity contribution >= 4 is 5.91 Å². The predicted molar refractivity (Wildman–Crippen MR) is 70.9 cm³/mol. The molecule has 0 spiro atoms. The molecule has 0 unspecified atom stereocenters. The summed E-state index contributed by atoms with van der Waals surface area (Å²) in [4.78, 5) is 13.6. The van der Waals surface area contributed by atoms with E-state index in [-0.39, 0.29) is 5.76 Å². The van der Waals surface area contributed by atoms with Crippen molar-refractivity contribution < 1.29 is 9.21 Å². The fourth-order valence-corrected chi connectivity index (χ4v) is 1.83. The van der Waals surface area contributed by atoms with Crippen LogP contribution >= 0.6 is 0 Å². The molecule has 0 radical (unpaired) electrons. The number of hydrogen-bond acceptors (Lipinski definition) is 5. The SMILES string of the molecule is Cc1cc(CN(CCC#N)C(C)C)oc1C(=O)NN. The van der Waals surface area contributed by atoms with Crippen molar-refractivity contribution in [1.29, 1.82) is 5.26 Å². The quantitative estimate of drug-likeness (QED) is 0.459. The van der Waals surface area contributed by atoms with Crippen molar-refractivity contribution in [2.45, 2.75) is 39.8 Å². The molecule has 19 heavy (non-hydrogen) atoms. The van der Waals surface area contributed by atoms with E-state index in [1.165, 1.54) is 0 Å². The zero-order valence-electron chi connectivity index (χ0n) is 11.6. The third kappa shape index (κ3) is 4.09. The van der Waals surface area contributed by atoms with Gasteiger partial charge in [-0.3, -0.25) is 15.1 Å². The highest BCUT2D eigenvalue weighted by Gasteiger charge is 2.17. The Bertz CT molecular complexity index is 473. The number of carbonyl (C=O) groups excluding carboxylic acids is 1. The zero-order valence-corrected chi connectivity index (χ0v) is 11.6. The summed E-state index contributed by atoms with van der Waals surface area (Å²) in [5, 5.41) is 8.65. The van der Waals surface area contributed by atoms with E-state index in [2.05, 4.69) is 30.2 Å². The summed E-state index contributed by atoms with van der Waals surface area (Å²) in [5.74, 6) is 5.59. The number of nitriles is 1. The van der Waals surface area contributed by atoms with Gasteiger partial charge in [-0.15, -0.1) is 0 Å². The molecule has 1 heterocycles. The Morgan fingerprint density at radius 1 is 1.63 bits per heavy atom. The molecule has 0 aromatic carbocycles. The second-order valence-electron chi connectivity index (χ2n) is 4.67. The van der Waals surface area contributed by atoms with Crippen LogP contribution in [0.4, 0.5) is 0 Å². The van der Waals surface area contributed by atoms with Crippen molar-refractivity contribution in [3.63, 3.8) is 0 Å². The summed E-state index contributed by atoms with van der Waals surface area (Å²) < 4.78 is 5.51. The van der Waals surface area contributed by atoms with E-state index in [0.29, 0.717) is 31.3 Å². The molecule has 3 N–H and O–H groups in total. The van der Waals surface area contributed by atoms with Gasteiger partial charge in [-0.05, 0) is 26.8 Å². The maximum absolute atomic E-state index is 11.5. The molecule has 1 aromatic heterocycles. The Kier molecular flexibility index (Phi) is 5.55. The van der Waals surface area contributed by atoms with Gasteiger partial charge in [0.1, 0.15) is 5.76 Å². The molecule has 0 aliphatic rings. The fraction of sp³-hybridized carbons (Fsp3) is 0.538. The van der Waals surface area contributed by atoms with E-state index in [4.69, 9.17) is 15.5 Å². The summed E-state index contributed by atoms with van der Waals surface area (Å²) in [7, 11) is 0. The van der Waals surface area contributed by atoms with E-state index >= 15 is 0 Å². The maximum atomic E-state index is 11.5. The number of furan rings is 1. The Morgan fingerprint density at radius 2 is 2.32 bits per heavy atom. The van der Waals surface area contributed by atoms with Crippen LogP contribution in [0, 0.1) is 18.3 Å². The monoisotopic (exact) mass is 264 g/mol. The third-order valence-corrected chi connectivity index (χ3v) is 2.91. The van der Waals surface area contributed by atoms with E-state index < -0.39 is 5.91 Å². The average molecular weight is 264 g/mol. The van der Waals surface area contributed by atoms with Crippen molar-refractivity contribution in [2.24, 2.45) is 5.84 Å². The Hall–Kier alpha value is -1.84. The highest BCUT2D eigenvalue weighted by molar-refractivity contribution is 5.92. The van der Waals surface area contributed by atoms with Gasteiger partial charge in [-0.25, -0.2) is 5.84 Å². The molecule has 0 saturated heterocycles. The molecular weight excluding hydrogens is 244 g/mol. The standard InChI is InChI=1S/C13H20N4O2/c1-9(2)17(6-4-5-14)8-11-7-10(3)12(19-11)13(18)16-15/h7,9H,4,6,8,15H2,1-3H3,(H,16,18). The number of rotatable bonds is 6. The van der Waals surface area contributed by atoms with Gasteiger partial charge in [-0.2, -0.15) is 5.26 Å². The molecule has 0 atom stereocenters. The van der Waals surface area contributed by atoms with Crippen LogP contribution in [0.5, 0.6) is 0 Å². The van der Waals surface area contributed by atoms with Gasteiger partial charge in [0.05, 0.1) is 12.6 Å². The summed E-state index contributed by atoms with van der Waals surface area (Å²) in [5.41, 5.74) is 2.81. The Labute approximate surface area is 113 Å². The first kappa shape index (κ1) is 15.2. The number of nitrogens with zero attached hydrogens (tertiary/aromatic N) is 2.